The largest absolute Gasteiger partial charge is 0.445 e. The maximum absolute atomic E-state index is 12.7. The van der Waals surface area contributed by atoms with Gasteiger partial charge in [0, 0.05) is 30.6 Å². The Hall–Kier alpha value is -4.13. The first kappa shape index (κ1) is 21.7. The van der Waals surface area contributed by atoms with Crippen LogP contribution < -0.4 is 5.73 Å². The Labute approximate surface area is 198 Å². The van der Waals surface area contributed by atoms with E-state index in [1.165, 1.54) is 0 Å². The minimum absolute atomic E-state index is 0.0891. The van der Waals surface area contributed by atoms with Crippen LogP contribution in [0.3, 0.4) is 0 Å². The normalized spacial score (nSPS) is 16.2. The number of piperidine rings is 1. The molecule has 34 heavy (non-hydrogen) atoms. The summed E-state index contributed by atoms with van der Waals surface area (Å²) in [6, 6.07) is 21.7. The average molecular weight is 454 g/mol. The van der Waals surface area contributed by atoms with Gasteiger partial charge in [-0.15, -0.1) is 0 Å². The van der Waals surface area contributed by atoms with Crippen LogP contribution in [-0.4, -0.2) is 38.7 Å². The number of ether oxygens (including phenoxy) is 1. The number of aromatic nitrogens is 3. The molecule has 2 aromatic carbocycles. The molecule has 1 amide bonds. The number of hydrogen-bond acceptors (Lipinski definition) is 5. The highest BCUT2D eigenvalue weighted by molar-refractivity contribution is 5.76. The lowest BCUT2D eigenvalue weighted by Crippen LogP contribution is -2.39. The summed E-state index contributed by atoms with van der Waals surface area (Å²) < 4.78 is 7.20. The number of benzene rings is 2. The zero-order chi connectivity index (χ0) is 23.3. The highest BCUT2D eigenvalue weighted by Gasteiger charge is 2.27. The quantitative estimate of drug-likeness (QED) is 0.460. The van der Waals surface area contributed by atoms with Crippen molar-refractivity contribution in [3.8, 4) is 0 Å². The number of nitrogen functional groups attached to an aromatic ring is 1. The number of carbonyl (C=O) groups excluding carboxylic acids is 1. The molecule has 1 aliphatic heterocycles. The van der Waals surface area contributed by atoms with Gasteiger partial charge in [-0.1, -0.05) is 66.7 Å². The summed E-state index contributed by atoms with van der Waals surface area (Å²) in [6.45, 7) is 1.50. The smallest absolute Gasteiger partial charge is 0.410 e. The first-order valence-corrected chi connectivity index (χ1v) is 11.5. The van der Waals surface area contributed by atoms with Crippen LogP contribution in [0.4, 0.5) is 10.6 Å². The summed E-state index contributed by atoms with van der Waals surface area (Å²) in [6.07, 6.45) is 7.34. The molecule has 1 fully saturated rings. The van der Waals surface area contributed by atoms with Gasteiger partial charge < -0.3 is 15.4 Å². The molecule has 2 aromatic heterocycles. The molecule has 1 saturated heterocycles. The van der Waals surface area contributed by atoms with Gasteiger partial charge in [0.2, 0.25) is 0 Å². The van der Waals surface area contributed by atoms with Gasteiger partial charge in [-0.25, -0.2) is 9.78 Å². The van der Waals surface area contributed by atoms with E-state index >= 15 is 0 Å². The van der Waals surface area contributed by atoms with Crippen molar-refractivity contribution < 1.29 is 9.53 Å². The van der Waals surface area contributed by atoms with Crippen LogP contribution in [0.5, 0.6) is 0 Å². The van der Waals surface area contributed by atoms with Crippen LogP contribution in [0.15, 0.2) is 72.9 Å². The van der Waals surface area contributed by atoms with Crippen molar-refractivity contribution in [2.75, 3.05) is 18.8 Å². The Bertz CT molecular complexity index is 1300. The molecule has 2 N–H and O–H groups in total. The Morgan fingerprint density at radius 1 is 1.09 bits per heavy atom. The number of amides is 1. The van der Waals surface area contributed by atoms with Crippen molar-refractivity contribution in [3.05, 3.63) is 95.3 Å². The topological polar surface area (TPSA) is 85.8 Å². The van der Waals surface area contributed by atoms with Crippen molar-refractivity contribution in [2.24, 2.45) is 0 Å². The molecule has 1 atom stereocenters. The second kappa shape index (κ2) is 9.79. The van der Waals surface area contributed by atoms with Crippen molar-refractivity contribution in [1.29, 1.82) is 0 Å². The van der Waals surface area contributed by atoms with Gasteiger partial charge in [0.15, 0.2) is 5.65 Å². The number of anilines is 1. The minimum Gasteiger partial charge on any atom is -0.445 e. The summed E-state index contributed by atoms with van der Waals surface area (Å²) in [5.74, 6) is 0.620. The zero-order valence-corrected chi connectivity index (χ0v) is 18.9. The van der Waals surface area contributed by atoms with E-state index in [-0.39, 0.29) is 18.6 Å². The van der Waals surface area contributed by atoms with Crippen LogP contribution >= 0.6 is 0 Å². The Morgan fingerprint density at radius 3 is 2.65 bits per heavy atom. The van der Waals surface area contributed by atoms with Crippen LogP contribution in [0.25, 0.3) is 17.8 Å². The van der Waals surface area contributed by atoms with E-state index in [1.54, 1.807) is 15.6 Å². The molecule has 0 aliphatic carbocycles. The van der Waals surface area contributed by atoms with Gasteiger partial charge in [-0.05, 0) is 30.0 Å². The zero-order valence-electron chi connectivity index (χ0n) is 18.9. The first-order valence-electron chi connectivity index (χ1n) is 11.5. The number of rotatable bonds is 5. The van der Waals surface area contributed by atoms with Gasteiger partial charge in [0.05, 0.1) is 11.9 Å². The second-order valence-electron chi connectivity index (χ2n) is 8.51. The van der Waals surface area contributed by atoms with Gasteiger partial charge >= 0.3 is 6.09 Å². The third kappa shape index (κ3) is 4.78. The van der Waals surface area contributed by atoms with Crippen molar-refractivity contribution in [3.63, 3.8) is 0 Å². The molecule has 172 valence electrons. The summed E-state index contributed by atoms with van der Waals surface area (Å²) in [5.41, 5.74) is 10.9. The van der Waals surface area contributed by atoms with Crippen LogP contribution in [0.2, 0.25) is 0 Å². The third-order valence-corrected chi connectivity index (χ3v) is 6.10. The maximum Gasteiger partial charge on any atom is 0.410 e. The highest BCUT2D eigenvalue weighted by atomic mass is 16.6. The lowest BCUT2D eigenvalue weighted by Gasteiger charge is -2.31. The summed E-state index contributed by atoms with van der Waals surface area (Å²) in [7, 11) is 0. The molecule has 0 saturated carbocycles. The second-order valence-corrected chi connectivity index (χ2v) is 8.51. The van der Waals surface area contributed by atoms with E-state index in [9.17, 15) is 4.79 Å². The molecule has 0 spiro atoms. The molecular weight excluding hydrogens is 426 g/mol. The summed E-state index contributed by atoms with van der Waals surface area (Å²) in [4.78, 5) is 19.4. The van der Waals surface area contributed by atoms with Gasteiger partial charge in [0.25, 0.3) is 0 Å². The Balaban J connectivity index is 1.33. The average Bonchev–Trinajstić information content (AvgIpc) is 3.31. The number of likely N-dealkylation sites (tertiary alicyclic amines) is 1. The van der Waals surface area contributed by atoms with Gasteiger partial charge in [0.1, 0.15) is 12.4 Å². The van der Waals surface area contributed by atoms with E-state index < -0.39 is 0 Å². The van der Waals surface area contributed by atoms with Crippen molar-refractivity contribution >= 4 is 29.7 Å². The molecule has 0 radical (unpaired) electrons. The lowest BCUT2D eigenvalue weighted by atomic mass is 9.94. The number of hydrogen-bond donors (Lipinski definition) is 1. The van der Waals surface area contributed by atoms with Crippen molar-refractivity contribution in [2.45, 2.75) is 25.4 Å². The number of fused-ring (bicyclic) bond motifs is 1. The highest BCUT2D eigenvalue weighted by Crippen LogP contribution is 2.28. The van der Waals surface area contributed by atoms with E-state index in [2.05, 4.69) is 5.10 Å². The number of nitrogens with two attached hydrogens (primary N) is 1. The fraction of sp³-hybridized carbons (Fsp3) is 0.222. The van der Waals surface area contributed by atoms with E-state index in [1.807, 2.05) is 78.9 Å². The molecule has 7 nitrogen and oxygen atoms in total. The number of nitrogens with zero attached hydrogens (tertiary/aromatic N) is 4. The molecule has 0 bridgehead atoms. The van der Waals surface area contributed by atoms with Gasteiger partial charge in [-0.2, -0.15) is 9.61 Å². The summed E-state index contributed by atoms with van der Waals surface area (Å²) in [5, 5.41) is 4.41. The molecule has 1 unspecified atom stereocenters. The predicted octanol–water partition coefficient (Wildman–Crippen LogP) is 5.00. The van der Waals surface area contributed by atoms with E-state index in [0.29, 0.717) is 24.6 Å². The molecule has 4 aromatic rings. The van der Waals surface area contributed by atoms with Crippen LogP contribution in [-0.2, 0) is 11.3 Å². The summed E-state index contributed by atoms with van der Waals surface area (Å²) >= 11 is 0. The SMILES string of the molecule is Nc1cc(C2CCCN(C(=O)OCc3ccccc3)C2)nc2c(/C=C/c3ccccc3)cnn12. The molecule has 7 heteroatoms. The minimum atomic E-state index is -0.293. The van der Waals surface area contributed by atoms with Crippen LogP contribution in [0.1, 0.15) is 41.1 Å². The fourth-order valence-corrected chi connectivity index (χ4v) is 4.29. The van der Waals surface area contributed by atoms with Crippen molar-refractivity contribution in [1.82, 2.24) is 19.5 Å². The Kier molecular flexibility index (Phi) is 6.25. The molecule has 5 rings (SSSR count). The monoisotopic (exact) mass is 453 g/mol. The van der Waals surface area contributed by atoms with E-state index in [0.717, 1.165) is 35.2 Å². The lowest BCUT2D eigenvalue weighted by molar-refractivity contribution is 0.0856. The Morgan fingerprint density at radius 2 is 1.85 bits per heavy atom. The molecular formula is C27H27N5O2. The standard InChI is InChI=1S/C27H27N5O2/c28-25-16-24(30-26-22(17-29-32(25)26)14-13-20-8-3-1-4-9-20)23-12-7-15-31(18-23)27(33)34-19-21-10-5-2-6-11-21/h1-6,8-11,13-14,16-17,23H,7,12,15,18-19,28H2/b14-13+. The third-order valence-electron chi connectivity index (χ3n) is 6.10. The molecule has 3 heterocycles. The van der Waals surface area contributed by atoms with Crippen LogP contribution in [0, 0.1) is 0 Å². The molecule has 1 aliphatic rings. The fourth-order valence-electron chi connectivity index (χ4n) is 4.29. The first-order chi connectivity index (χ1) is 16.7. The number of carbonyl (C=O) groups is 1. The maximum atomic E-state index is 12.7. The van der Waals surface area contributed by atoms with Gasteiger partial charge in [-0.3, -0.25) is 0 Å². The predicted molar refractivity (Wildman–Crippen MR) is 133 cm³/mol. The van der Waals surface area contributed by atoms with E-state index in [4.69, 9.17) is 15.5 Å².